The first kappa shape index (κ1) is 14.1. The van der Waals surface area contributed by atoms with Crippen molar-refractivity contribution in [3.8, 4) is 5.75 Å². The molecular weight excluding hydrogens is 300 g/mol. The smallest absolute Gasteiger partial charge is 0.203 e. The van der Waals surface area contributed by atoms with E-state index in [1.54, 1.807) is 0 Å². The number of anilines is 1. The molecule has 0 saturated heterocycles. The molecule has 1 aromatic rings. The molecule has 7 heteroatoms. The van der Waals surface area contributed by atoms with Crippen LogP contribution in [0.3, 0.4) is 0 Å². The number of nitrogens with one attached hydrogen (secondary N) is 1. The Morgan fingerprint density at radius 3 is 2.65 bits per heavy atom. The van der Waals surface area contributed by atoms with Crippen molar-refractivity contribution < 1.29 is 23.7 Å². The summed E-state index contributed by atoms with van der Waals surface area (Å²) in [5, 5.41) is 20.4. The van der Waals surface area contributed by atoms with Crippen molar-refractivity contribution in [2.75, 3.05) is 25.6 Å². The zero-order valence-electron chi connectivity index (χ0n) is 9.01. The van der Waals surface area contributed by atoms with Crippen LogP contribution in [0.5, 0.6) is 5.75 Å². The molecule has 0 aliphatic rings. The lowest BCUT2D eigenvalue weighted by Crippen LogP contribution is -2.23. The van der Waals surface area contributed by atoms with E-state index in [4.69, 9.17) is 14.9 Å². The monoisotopic (exact) mass is 311 g/mol. The average Bonchev–Trinajstić information content (AvgIpc) is 2.33. The fraction of sp³-hybridized carbons (Fsp3) is 0.400. The van der Waals surface area contributed by atoms with Crippen LogP contribution in [0, 0.1) is 11.6 Å². The SMILES string of the molecule is COc1c(NCC(O)CO)cc(Br)c(F)c1F. The van der Waals surface area contributed by atoms with E-state index in [0.717, 1.165) is 0 Å². The molecule has 3 N–H and O–H groups in total. The number of aliphatic hydroxyl groups is 2. The third-order valence-corrected chi connectivity index (χ3v) is 2.64. The van der Waals surface area contributed by atoms with Gasteiger partial charge in [0.05, 0.1) is 30.0 Å². The quantitative estimate of drug-likeness (QED) is 0.721. The van der Waals surface area contributed by atoms with Crippen LogP contribution < -0.4 is 10.1 Å². The second kappa shape index (κ2) is 6.13. The van der Waals surface area contributed by atoms with Gasteiger partial charge >= 0.3 is 0 Å². The predicted octanol–water partition coefficient (Wildman–Crippen LogP) is 1.50. The molecule has 0 spiro atoms. The number of halogens is 3. The molecule has 1 atom stereocenters. The molecule has 17 heavy (non-hydrogen) atoms. The summed E-state index contributed by atoms with van der Waals surface area (Å²) in [4.78, 5) is 0. The lowest BCUT2D eigenvalue weighted by Gasteiger charge is -2.15. The largest absolute Gasteiger partial charge is 0.491 e. The first-order chi connectivity index (χ1) is 8.01. The fourth-order valence-corrected chi connectivity index (χ4v) is 1.60. The van der Waals surface area contributed by atoms with Gasteiger partial charge in [0.15, 0.2) is 11.6 Å². The Morgan fingerprint density at radius 1 is 1.47 bits per heavy atom. The number of aliphatic hydroxyl groups excluding tert-OH is 2. The van der Waals surface area contributed by atoms with Crippen molar-refractivity contribution >= 4 is 21.6 Å². The van der Waals surface area contributed by atoms with Crippen LogP contribution in [0.1, 0.15) is 0 Å². The Hall–Kier alpha value is -0.920. The van der Waals surface area contributed by atoms with Gasteiger partial charge in [-0.05, 0) is 22.0 Å². The van der Waals surface area contributed by atoms with Crippen molar-refractivity contribution in [3.63, 3.8) is 0 Å². The highest BCUT2D eigenvalue weighted by molar-refractivity contribution is 9.10. The number of methoxy groups -OCH3 is 1. The van der Waals surface area contributed by atoms with Gasteiger partial charge in [0.1, 0.15) is 0 Å². The summed E-state index contributed by atoms with van der Waals surface area (Å²) >= 11 is 2.86. The molecule has 0 bridgehead atoms. The lowest BCUT2D eigenvalue weighted by atomic mass is 10.2. The molecule has 0 saturated carbocycles. The molecule has 0 fully saturated rings. The fourth-order valence-electron chi connectivity index (χ4n) is 1.20. The normalized spacial score (nSPS) is 12.4. The Bertz CT molecular complexity index is 404. The van der Waals surface area contributed by atoms with Gasteiger partial charge in [-0.3, -0.25) is 0 Å². The van der Waals surface area contributed by atoms with Crippen molar-refractivity contribution in [1.29, 1.82) is 0 Å². The molecular formula is C10H12BrF2NO3. The van der Waals surface area contributed by atoms with Gasteiger partial charge in [-0.25, -0.2) is 4.39 Å². The first-order valence-electron chi connectivity index (χ1n) is 4.75. The van der Waals surface area contributed by atoms with Gasteiger partial charge in [0.2, 0.25) is 5.82 Å². The third-order valence-electron chi connectivity index (χ3n) is 2.06. The molecule has 0 aromatic heterocycles. The summed E-state index contributed by atoms with van der Waals surface area (Å²) in [5.41, 5.74) is 0.186. The van der Waals surface area contributed by atoms with Crippen LogP contribution in [0.4, 0.5) is 14.5 Å². The highest BCUT2D eigenvalue weighted by Crippen LogP contribution is 2.34. The molecule has 96 valence electrons. The van der Waals surface area contributed by atoms with Crippen LogP contribution >= 0.6 is 15.9 Å². The summed E-state index contributed by atoms with van der Waals surface area (Å²) in [5.74, 6) is -2.45. The topological polar surface area (TPSA) is 61.7 Å². The van der Waals surface area contributed by atoms with Crippen LogP contribution in [-0.2, 0) is 0 Å². The minimum Gasteiger partial charge on any atom is -0.491 e. The molecule has 0 heterocycles. The number of hydrogen-bond acceptors (Lipinski definition) is 4. The highest BCUT2D eigenvalue weighted by Gasteiger charge is 2.18. The van der Waals surface area contributed by atoms with E-state index in [1.165, 1.54) is 13.2 Å². The first-order valence-corrected chi connectivity index (χ1v) is 5.54. The van der Waals surface area contributed by atoms with Crippen molar-refractivity contribution in [1.82, 2.24) is 0 Å². The van der Waals surface area contributed by atoms with Crippen molar-refractivity contribution in [2.45, 2.75) is 6.10 Å². The summed E-state index contributed by atoms with van der Waals surface area (Å²) in [6.07, 6.45) is -0.994. The minimum atomic E-state index is -1.12. The van der Waals surface area contributed by atoms with Gasteiger partial charge in [-0.1, -0.05) is 0 Å². The maximum absolute atomic E-state index is 13.4. The average molecular weight is 312 g/mol. The standard InChI is InChI=1S/C10H12BrF2NO3/c1-17-10-7(14-3-5(16)4-15)2-6(11)8(12)9(10)13/h2,5,14-16H,3-4H2,1H3. The molecule has 1 unspecified atom stereocenters. The maximum atomic E-state index is 13.4. The Balaban J connectivity index is 2.98. The summed E-state index contributed by atoms with van der Waals surface area (Å²) < 4.78 is 31.3. The molecule has 0 aliphatic carbocycles. The molecule has 0 radical (unpaired) electrons. The molecule has 4 nitrogen and oxygen atoms in total. The molecule has 0 aliphatic heterocycles. The number of hydrogen-bond donors (Lipinski definition) is 3. The minimum absolute atomic E-state index is 0.00955. The van der Waals surface area contributed by atoms with E-state index in [0.29, 0.717) is 0 Å². The summed E-state index contributed by atoms with van der Waals surface area (Å²) in [6, 6.07) is 1.29. The van der Waals surface area contributed by atoms with Crippen LogP contribution in [0.25, 0.3) is 0 Å². The number of rotatable bonds is 5. The van der Waals surface area contributed by atoms with Gasteiger partial charge in [0, 0.05) is 6.54 Å². The van der Waals surface area contributed by atoms with Crippen LogP contribution in [0.2, 0.25) is 0 Å². The lowest BCUT2D eigenvalue weighted by molar-refractivity contribution is 0.105. The van der Waals surface area contributed by atoms with Crippen molar-refractivity contribution in [2.24, 2.45) is 0 Å². The van der Waals surface area contributed by atoms with E-state index in [2.05, 4.69) is 21.2 Å². The summed E-state index contributed by atoms with van der Waals surface area (Å²) in [6.45, 7) is -0.440. The Labute approximate surface area is 105 Å². The van der Waals surface area contributed by atoms with E-state index in [-0.39, 0.29) is 22.5 Å². The molecule has 1 rings (SSSR count). The van der Waals surface area contributed by atoms with Gasteiger partial charge < -0.3 is 20.3 Å². The number of benzene rings is 1. The van der Waals surface area contributed by atoms with E-state index in [9.17, 15) is 8.78 Å². The zero-order chi connectivity index (χ0) is 13.0. The Kier molecular flexibility index (Phi) is 5.10. The summed E-state index contributed by atoms with van der Waals surface area (Å²) in [7, 11) is 1.21. The maximum Gasteiger partial charge on any atom is 0.203 e. The second-order valence-corrected chi connectivity index (χ2v) is 4.14. The van der Waals surface area contributed by atoms with E-state index >= 15 is 0 Å². The van der Waals surface area contributed by atoms with Gasteiger partial charge in [-0.15, -0.1) is 0 Å². The van der Waals surface area contributed by atoms with E-state index in [1.807, 2.05) is 0 Å². The predicted molar refractivity (Wildman–Crippen MR) is 62.2 cm³/mol. The molecule has 0 amide bonds. The van der Waals surface area contributed by atoms with E-state index < -0.39 is 24.3 Å². The Morgan fingerprint density at radius 2 is 2.12 bits per heavy atom. The van der Waals surface area contributed by atoms with Gasteiger partial charge in [-0.2, -0.15) is 4.39 Å². The van der Waals surface area contributed by atoms with Crippen LogP contribution in [0.15, 0.2) is 10.5 Å². The van der Waals surface area contributed by atoms with Crippen molar-refractivity contribution in [3.05, 3.63) is 22.2 Å². The van der Waals surface area contributed by atoms with Gasteiger partial charge in [0.25, 0.3) is 0 Å². The van der Waals surface area contributed by atoms with Crippen LogP contribution in [-0.4, -0.2) is 36.6 Å². The highest BCUT2D eigenvalue weighted by atomic mass is 79.9. The third kappa shape index (κ3) is 3.27. The second-order valence-electron chi connectivity index (χ2n) is 3.28. The zero-order valence-corrected chi connectivity index (χ0v) is 10.6. The number of ether oxygens (including phenoxy) is 1. The molecule has 1 aromatic carbocycles.